The molecular weight excluding hydrogens is 761 g/mol. The first-order chi connectivity index (χ1) is 30.5. The summed E-state index contributed by atoms with van der Waals surface area (Å²) in [5.74, 6) is 4.27. The van der Waals surface area contributed by atoms with Crippen LogP contribution in [0.3, 0.4) is 0 Å². The molecular formula is C54H38N8. The van der Waals surface area contributed by atoms with Gasteiger partial charge in [-0.3, -0.25) is 0 Å². The maximum absolute atomic E-state index is 5.04. The van der Waals surface area contributed by atoms with Crippen LogP contribution < -0.4 is 0 Å². The van der Waals surface area contributed by atoms with E-state index in [9.17, 15) is 0 Å². The molecule has 10 aromatic rings. The third kappa shape index (κ3) is 8.00. The number of aromatic nitrogens is 8. The zero-order valence-corrected chi connectivity index (χ0v) is 34.1. The predicted octanol–water partition coefficient (Wildman–Crippen LogP) is 12.5. The van der Waals surface area contributed by atoms with Gasteiger partial charge in [0.15, 0.2) is 40.8 Å². The van der Waals surface area contributed by atoms with Gasteiger partial charge in [0.1, 0.15) is 0 Å². The molecule has 0 aliphatic rings. The molecule has 0 aliphatic heterocycles. The fourth-order valence-electron chi connectivity index (χ4n) is 7.56. The van der Waals surface area contributed by atoms with Crippen LogP contribution in [0.15, 0.2) is 194 Å². The monoisotopic (exact) mass is 798 g/mol. The fourth-order valence-corrected chi connectivity index (χ4v) is 7.56. The maximum Gasteiger partial charge on any atom is 0.164 e. The molecule has 0 unspecified atom stereocenters. The van der Waals surface area contributed by atoms with E-state index < -0.39 is 0 Å². The Bertz CT molecular complexity index is 3060. The molecule has 7 aromatic carbocycles. The van der Waals surface area contributed by atoms with Gasteiger partial charge in [-0.05, 0) is 60.4 Å². The van der Waals surface area contributed by atoms with Crippen LogP contribution in [0, 0.1) is 13.8 Å². The average molecular weight is 799 g/mol. The van der Waals surface area contributed by atoms with Crippen molar-refractivity contribution in [2.75, 3.05) is 0 Å². The Labute approximate surface area is 359 Å². The minimum Gasteiger partial charge on any atom is -0.233 e. The van der Waals surface area contributed by atoms with Crippen molar-refractivity contribution in [3.63, 3.8) is 0 Å². The number of hydrogen-bond donors (Lipinski definition) is 0. The quantitative estimate of drug-likeness (QED) is 0.142. The highest BCUT2D eigenvalue weighted by Gasteiger charge is 2.18. The van der Waals surface area contributed by atoms with Gasteiger partial charge >= 0.3 is 0 Å². The molecule has 62 heavy (non-hydrogen) atoms. The van der Waals surface area contributed by atoms with Gasteiger partial charge < -0.3 is 0 Å². The van der Waals surface area contributed by atoms with Crippen molar-refractivity contribution in [2.45, 2.75) is 13.8 Å². The molecule has 8 heteroatoms. The molecule has 8 nitrogen and oxygen atoms in total. The van der Waals surface area contributed by atoms with Gasteiger partial charge in [0, 0.05) is 50.3 Å². The second-order valence-electron chi connectivity index (χ2n) is 15.0. The molecule has 3 heterocycles. The molecule has 10 rings (SSSR count). The van der Waals surface area contributed by atoms with Crippen molar-refractivity contribution < 1.29 is 0 Å². The van der Waals surface area contributed by atoms with E-state index in [1.165, 1.54) is 0 Å². The highest BCUT2D eigenvalue weighted by Crippen LogP contribution is 2.38. The standard InChI is InChI=1S/C54H38N8/c1-35-31-36(2)56-52(55-35)45-29-30-46(41-25-15-27-43(32-41)53-59-48(37-17-7-3-8-18-37)57-49(60-53)38-19-9-4-10-20-38)47(34-45)42-26-16-28-44(33-42)54-61-50(39-21-11-5-12-22-39)58-51(62-54)40-23-13-6-14-24-40/h3-34H,1-2H3. The first kappa shape index (κ1) is 37.9. The Morgan fingerprint density at radius 1 is 0.210 bits per heavy atom. The van der Waals surface area contributed by atoms with Gasteiger partial charge in [-0.25, -0.2) is 39.9 Å². The van der Waals surface area contributed by atoms with Crippen molar-refractivity contribution in [3.05, 3.63) is 206 Å². The first-order valence-corrected chi connectivity index (χ1v) is 20.4. The summed E-state index contributed by atoms with van der Waals surface area (Å²) in [6, 6.07) is 65.3. The van der Waals surface area contributed by atoms with Gasteiger partial charge in [-0.1, -0.05) is 170 Å². The molecule has 0 amide bonds. The lowest BCUT2D eigenvalue weighted by atomic mass is 9.91. The molecule has 0 spiro atoms. The zero-order valence-electron chi connectivity index (χ0n) is 34.1. The van der Waals surface area contributed by atoms with E-state index in [4.69, 9.17) is 39.9 Å². The smallest absolute Gasteiger partial charge is 0.164 e. The molecule has 0 radical (unpaired) electrons. The Balaban J connectivity index is 1.13. The first-order valence-electron chi connectivity index (χ1n) is 20.4. The largest absolute Gasteiger partial charge is 0.233 e. The van der Waals surface area contributed by atoms with E-state index in [2.05, 4.69) is 66.7 Å². The predicted molar refractivity (Wildman–Crippen MR) is 247 cm³/mol. The lowest BCUT2D eigenvalue weighted by molar-refractivity contribution is 1.06. The van der Waals surface area contributed by atoms with E-state index >= 15 is 0 Å². The van der Waals surface area contributed by atoms with Crippen molar-refractivity contribution in [1.82, 2.24) is 39.9 Å². The highest BCUT2D eigenvalue weighted by molar-refractivity contribution is 5.89. The lowest BCUT2D eigenvalue weighted by Crippen LogP contribution is -2.00. The topological polar surface area (TPSA) is 103 Å². The van der Waals surface area contributed by atoms with Gasteiger partial charge in [0.25, 0.3) is 0 Å². The molecule has 0 N–H and O–H groups in total. The van der Waals surface area contributed by atoms with Gasteiger partial charge in [-0.2, -0.15) is 0 Å². The molecule has 0 bridgehead atoms. The number of benzene rings is 7. The van der Waals surface area contributed by atoms with Gasteiger partial charge in [0.05, 0.1) is 0 Å². The Kier molecular flexibility index (Phi) is 10.2. The second kappa shape index (κ2) is 16.7. The van der Waals surface area contributed by atoms with Crippen molar-refractivity contribution in [1.29, 1.82) is 0 Å². The molecule has 3 aromatic heterocycles. The molecule has 0 fully saturated rings. The summed E-state index contributed by atoms with van der Waals surface area (Å²) >= 11 is 0. The highest BCUT2D eigenvalue weighted by atomic mass is 15.0. The number of nitrogens with zero attached hydrogens (tertiary/aromatic N) is 8. The third-order valence-electron chi connectivity index (χ3n) is 10.5. The Morgan fingerprint density at radius 2 is 0.500 bits per heavy atom. The van der Waals surface area contributed by atoms with Crippen molar-refractivity contribution in [2.24, 2.45) is 0 Å². The summed E-state index contributed by atoms with van der Waals surface area (Å²) in [7, 11) is 0. The normalized spacial score (nSPS) is 11.1. The second-order valence-corrected chi connectivity index (χ2v) is 15.0. The van der Waals surface area contributed by atoms with Crippen molar-refractivity contribution >= 4 is 0 Å². The lowest BCUT2D eigenvalue weighted by Gasteiger charge is -2.15. The molecule has 0 saturated carbocycles. The summed E-state index contributed by atoms with van der Waals surface area (Å²) in [6.45, 7) is 4.00. The average Bonchev–Trinajstić information content (AvgIpc) is 3.34. The van der Waals surface area contributed by atoms with Gasteiger partial charge in [-0.15, -0.1) is 0 Å². The summed E-state index contributed by atoms with van der Waals surface area (Å²) < 4.78 is 0. The van der Waals surface area contributed by atoms with E-state index in [0.717, 1.165) is 72.6 Å². The van der Waals surface area contributed by atoms with Crippen LogP contribution in [0.5, 0.6) is 0 Å². The number of hydrogen-bond acceptors (Lipinski definition) is 8. The molecule has 0 aliphatic carbocycles. The molecule has 0 saturated heterocycles. The van der Waals surface area contributed by atoms with Gasteiger partial charge in [0.2, 0.25) is 0 Å². The van der Waals surface area contributed by atoms with Crippen LogP contribution in [0.25, 0.3) is 102 Å². The van der Waals surface area contributed by atoms with E-state index in [1.807, 2.05) is 141 Å². The maximum atomic E-state index is 5.04. The van der Waals surface area contributed by atoms with Crippen LogP contribution in [-0.2, 0) is 0 Å². The summed E-state index contributed by atoms with van der Waals surface area (Å²) in [6.07, 6.45) is 0. The van der Waals surface area contributed by atoms with E-state index in [-0.39, 0.29) is 0 Å². The number of aryl methyl sites for hydroxylation is 2. The van der Waals surface area contributed by atoms with Crippen LogP contribution >= 0.6 is 0 Å². The van der Waals surface area contributed by atoms with E-state index in [0.29, 0.717) is 40.8 Å². The minimum absolute atomic E-state index is 0.579. The van der Waals surface area contributed by atoms with Crippen LogP contribution in [0.4, 0.5) is 0 Å². The molecule has 0 atom stereocenters. The summed E-state index contributed by atoms with van der Waals surface area (Å²) in [5, 5.41) is 0. The molecule has 294 valence electrons. The summed E-state index contributed by atoms with van der Waals surface area (Å²) in [5.41, 5.74) is 12.1. The van der Waals surface area contributed by atoms with E-state index in [1.54, 1.807) is 0 Å². The van der Waals surface area contributed by atoms with Crippen LogP contribution in [0.1, 0.15) is 11.4 Å². The Morgan fingerprint density at radius 3 is 0.887 bits per heavy atom. The Hall–Kier alpha value is -8.36. The summed E-state index contributed by atoms with van der Waals surface area (Å²) in [4.78, 5) is 39.7. The fraction of sp³-hybridized carbons (Fsp3) is 0.0370. The van der Waals surface area contributed by atoms with Crippen LogP contribution in [-0.4, -0.2) is 39.9 Å². The number of rotatable bonds is 9. The minimum atomic E-state index is 0.579. The SMILES string of the molecule is Cc1cc(C)nc(-c2ccc(-c3cccc(-c4nc(-c5ccccc5)nc(-c5ccccc5)n4)c3)c(-c3cccc(-c4nc(-c5ccccc5)nc(-c5ccccc5)n4)c3)c2)n1. The zero-order chi connectivity index (χ0) is 41.8. The van der Waals surface area contributed by atoms with Crippen molar-refractivity contribution in [3.8, 4) is 102 Å². The van der Waals surface area contributed by atoms with Crippen LogP contribution in [0.2, 0.25) is 0 Å². The third-order valence-corrected chi connectivity index (χ3v) is 10.5.